The van der Waals surface area contributed by atoms with Crippen LogP contribution in [0.4, 0.5) is 5.82 Å². The van der Waals surface area contributed by atoms with Crippen LogP contribution in [0.15, 0.2) is 37.1 Å². The fraction of sp³-hybridized carbons (Fsp3) is 0.308. The molecule has 6 heteroatoms. The molecule has 1 N–H and O–H groups in total. The first-order valence-electron chi connectivity index (χ1n) is 5.95. The number of carbonyl (C=O) groups is 1. The first-order valence-corrected chi connectivity index (χ1v) is 5.95. The van der Waals surface area contributed by atoms with Crippen LogP contribution in [0.2, 0.25) is 0 Å². The van der Waals surface area contributed by atoms with E-state index in [1.165, 1.54) is 7.11 Å². The van der Waals surface area contributed by atoms with Crippen LogP contribution < -0.4 is 5.32 Å². The molecular weight excluding hydrogens is 244 g/mol. The molecule has 6 nitrogen and oxygen atoms in total. The monoisotopic (exact) mass is 260 g/mol. The third-order valence-electron chi connectivity index (χ3n) is 2.62. The predicted molar refractivity (Wildman–Crippen MR) is 70.9 cm³/mol. The molecule has 19 heavy (non-hydrogen) atoms. The normalized spacial score (nSPS) is 11.9. The number of nitrogens with one attached hydrogen (secondary N) is 1. The number of methoxy groups -OCH3 is 1. The molecule has 0 aliphatic heterocycles. The Balaban J connectivity index is 2.00. The SMILES string of the molecule is COC(=O)c1ccnc(NC(C)Cn2ccnc2)c1. The summed E-state index contributed by atoms with van der Waals surface area (Å²) in [6.07, 6.45) is 6.98. The van der Waals surface area contributed by atoms with Crippen molar-refractivity contribution in [2.75, 3.05) is 12.4 Å². The Morgan fingerprint density at radius 2 is 2.37 bits per heavy atom. The van der Waals surface area contributed by atoms with Gasteiger partial charge in [0, 0.05) is 31.2 Å². The third kappa shape index (κ3) is 3.54. The quantitative estimate of drug-likeness (QED) is 0.826. The Kier molecular flexibility index (Phi) is 4.12. The molecule has 0 fully saturated rings. The summed E-state index contributed by atoms with van der Waals surface area (Å²) in [6.45, 7) is 2.80. The zero-order valence-electron chi connectivity index (χ0n) is 10.9. The summed E-state index contributed by atoms with van der Waals surface area (Å²) in [5.41, 5.74) is 0.481. The summed E-state index contributed by atoms with van der Waals surface area (Å²) in [4.78, 5) is 19.6. The van der Waals surface area contributed by atoms with E-state index in [0.717, 1.165) is 6.54 Å². The van der Waals surface area contributed by atoms with Gasteiger partial charge in [-0.1, -0.05) is 0 Å². The minimum absolute atomic E-state index is 0.162. The molecule has 0 radical (unpaired) electrons. The summed E-state index contributed by atoms with van der Waals surface area (Å²) >= 11 is 0. The van der Waals surface area contributed by atoms with Crippen molar-refractivity contribution in [2.24, 2.45) is 0 Å². The lowest BCUT2D eigenvalue weighted by Crippen LogP contribution is -2.22. The van der Waals surface area contributed by atoms with Crippen molar-refractivity contribution < 1.29 is 9.53 Å². The van der Waals surface area contributed by atoms with E-state index in [1.807, 2.05) is 17.7 Å². The number of hydrogen-bond donors (Lipinski definition) is 1. The molecule has 2 heterocycles. The van der Waals surface area contributed by atoms with Crippen molar-refractivity contribution in [3.8, 4) is 0 Å². The van der Waals surface area contributed by atoms with Gasteiger partial charge >= 0.3 is 5.97 Å². The van der Waals surface area contributed by atoms with Gasteiger partial charge in [0.15, 0.2) is 0 Å². The number of esters is 1. The lowest BCUT2D eigenvalue weighted by atomic mass is 10.2. The van der Waals surface area contributed by atoms with E-state index >= 15 is 0 Å². The zero-order chi connectivity index (χ0) is 13.7. The molecule has 1 unspecified atom stereocenters. The van der Waals surface area contributed by atoms with Gasteiger partial charge in [-0.15, -0.1) is 0 Å². The van der Waals surface area contributed by atoms with Crippen LogP contribution >= 0.6 is 0 Å². The van der Waals surface area contributed by atoms with Crippen LogP contribution in [-0.4, -0.2) is 33.7 Å². The van der Waals surface area contributed by atoms with E-state index < -0.39 is 0 Å². The largest absolute Gasteiger partial charge is 0.465 e. The smallest absolute Gasteiger partial charge is 0.338 e. The molecule has 2 aromatic rings. The van der Waals surface area contributed by atoms with Crippen molar-refractivity contribution in [1.29, 1.82) is 0 Å². The molecule has 0 aliphatic carbocycles. The maximum Gasteiger partial charge on any atom is 0.338 e. The lowest BCUT2D eigenvalue weighted by molar-refractivity contribution is 0.0600. The third-order valence-corrected chi connectivity index (χ3v) is 2.62. The predicted octanol–water partition coefficient (Wildman–Crippen LogP) is 1.57. The number of carbonyl (C=O) groups excluding carboxylic acids is 1. The first kappa shape index (κ1) is 13.1. The molecule has 0 aromatic carbocycles. The second-order valence-corrected chi connectivity index (χ2v) is 4.23. The molecule has 0 spiro atoms. The Bertz CT molecular complexity index is 539. The highest BCUT2D eigenvalue weighted by Gasteiger charge is 2.08. The molecular formula is C13H16N4O2. The van der Waals surface area contributed by atoms with Gasteiger partial charge < -0.3 is 14.6 Å². The van der Waals surface area contributed by atoms with Gasteiger partial charge in [-0.25, -0.2) is 14.8 Å². The number of hydrogen-bond acceptors (Lipinski definition) is 5. The topological polar surface area (TPSA) is 69.0 Å². The highest BCUT2D eigenvalue weighted by atomic mass is 16.5. The van der Waals surface area contributed by atoms with Crippen molar-refractivity contribution in [3.63, 3.8) is 0 Å². The summed E-state index contributed by atoms with van der Waals surface area (Å²) in [5.74, 6) is 0.281. The van der Waals surface area contributed by atoms with Gasteiger partial charge in [0.2, 0.25) is 0 Å². The van der Waals surface area contributed by atoms with E-state index in [9.17, 15) is 4.79 Å². The van der Waals surface area contributed by atoms with Gasteiger partial charge in [-0.3, -0.25) is 0 Å². The zero-order valence-corrected chi connectivity index (χ0v) is 10.9. The number of ether oxygens (including phenoxy) is 1. The van der Waals surface area contributed by atoms with Crippen molar-refractivity contribution in [2.45, 2.75) is 19.5 Å². The Hall–Kier alpha value is -2.37. The number of imidazole rings is 1. The summed E-state index contributed by atoms with van der Waals surface area (Å²) in [7, 11) is 1.36. The number of nitrogens with zero attached hydrogens (tertiary/aromatic N) is 3. The summed E-state index contributed by atoms with van der Waals surface area (Å²) in [5, 5.41) is 3.23. The van der Waals surface area contributed by atoms with Gasteiger partial charge in [-0.2, -0.15) is 0 Å². The molecule has 1 atom stereocenters. The van der Waals surface area contributed by atoms with E-state index in [-0.39, 0.29) is 12.0 Å². The Morgan fingerprint density at radius 1 is 1.53 bits per heavy atom. The lowest BCUT2D eigenvalue weighted by Gasteiger charge is -2.15. The van der Waals surface area contributed by atoms with E-state index in [4.69, 9.17) is 0 Å². The van der Waals surface area contributed by atoms with Gasteiger partial charge in [0.1, 0.15) is 5.82 Å². The van der Waals surface area contributed by atoms with Crippen LogP contribution in [0, 0.1) is 0 Å². The van der Waals surface area contributed by atoms with Gasteiger partial charge in [0.25, 0.3) is 0 Å². The summed E-state index contributed by atoms with van der Waals surface area (Å²) in [6, 6.07) is 3.46. The molecule has 0 amide bonds. The first-order chi connectivity index (χ1) is 9.19. The molecule has 2 aromatic heterocycles. The van der Waals surface area contributed by atoms with Gasteiger partial charge in [0.05, 0.1) is 19.0 Å². The van der Waals surface area contributed by atoms with Crippen molar-refractivity contribution >= 4 is 11.8 Å². The standard InChI is InChI=1S/C13H16N4O2/c1-10(8-17-6-5-14-9-17)16-12-7-11(3-4-15-12)13(18)19-2/h3-7,9-10H,8H2,1-2H3,(H,15,16). The minimum Gasteiger partial charge on any atom is -0.465 e. The highest BCUT2D eigenvalue weighted by Crippen LogP contribution is 2.09. The highest BCUT2D eigenvalue weighted by molar-refractivity contribution is 5.89. The van der Waals surface area contributed by atoms with E-state index in [2.05, 4.69) is 20.0 Å². The van der Waals surface area contributed by atoms with Crippen LogP contribution in [0.3, 0.4) is 0 Å². The average Bonchev–Trinajstić information content (AvgIpc) is 2.90. The average molecular weight is 260 g/mol. The van der Waals surface area contributed by atoms with Crippen LogP contribution in [0.1, 0.15) is 17.3 Å². The maximum atomic E-state index is 11.4. The molecule has 0 bridgehead atoms. The van der Waals surface area contributed by atoms with Crippen LogP contribution in [0.5, 0.6) is 0 Å². The molecule has 0 saturated carbocycles. The van der Waals surface area contributed by atoms with Gasteiger partial charge in [-0.05, 0) is 19.1 Å². The van der Waals surface area contributed by atoms with E-state index in [1.54, 1.807) is 30.9 Å². The molecule has 100 valence electrons. The van der Waals surface area contributed by atoms with Crippen molar-refractivity contribution in [1.82, 2.24) is 14.5 Å². The number of aromatic nitrogens is 3. The van der Waals surface area contributed by atoms with Crippen LogP contribution in [0.25, 0.3) is 0 Å². The Labute approximate surface area is 111 Å². The Morgan fingerprint density at radius 3 is 3.05 bits per heavy atom. The fourth-order valence-corrected chi connectivity index (χ4v) is 1.76. The maximum absolute atomic E-state index is 11.4. The number of rotatable bonds is 5. The summed E-state index contributed by atoms with van der Waals surface area (Å²) < 4.78 is 6.65. The van der Waals surface area contributed by atoms with E-state index in [0.29, 0.717) is 11.4 Å². The number of anilines is 1. The second-order valence-electron chi connectivity index (χ2n) is 4.23. The van der Waals surface area contributed by atoms with Crippen molar-refractivity contribution in [3.05, 3.63) is 42.6 Å². The van der Waals surface area contributed by atoms with Crippen LogP contribution in [-0.2, 0) is 11.3 Å². The molecule has 0 saturated heterocycles. The molecule has 0 aliphatic rings. The molecule has 2 rings (SSSR count). The second kappa shape index (κ2) is 5.99. The minimum atomic E-state index is -0.368. The fourth-order valence-electron chi connectivity index (χ4n) is 1.76. The number of pyridine rings is 1.